The molecule has 1 N–H and O–H groups in total. The Balaban J connectivity index is 0.000000948. The molecule has 4 heteroatoms. The minimum absolute atomic E-state index is 0.405. The van der Waals surface area contributed by atoms with Gasteiger partial charge in [-0.05, 0) is 67.5 Å². The Bertz CT molecular complexity index is 790. The molecule has 138 valence electrons. The summed E-state index contributed by atoms with van der Waals surface area (Å²) in [7, 11) is 2.08. The number of fused-ring (bicyclic) bond motifs is 3. The van der Waals surface area contributed by atoms with Crippen molar-refractivity contribution in [2.45, 2.75) is 52.5 Å². The fraction of sp³-hybridized carbons (Fsp3) is 0.455. The molecule has 0 saturated carbocycles. The molecule has 0 bridgehead atoms. The van der Waals surface area contributed by atoms with Crippen LogP contribution in [0.25, 0.3) is 5.57 Å². The summed E-state index contributed by atoms with van der Waals surface area (Å²) < 4.78 is 0. The van der Waals surface area contributed by atoms with Gasteiger partial charge in [0.05, 0.1) is 11.3 Å². The van der Waals surface area contributed by atoms with E-state index in [1.165, 1.54) is 24.0 Å². The smallest absolute Gasteiger partial charge is 0.296 e. The molecular weight excluding hydrogens is 324 g/mol. The largest absolute Gasteiger partial charge is 0.318 e. The van der Waals surface area contributed by atoms with E-state index in [1.54, 1.807) is 0 Å². The van der Waals surface area contributed by atoms with E-state index < -0.39 is 11.7 Å². The number of benzene rings is 1. The van der Waals surface area contributed by atoms with Crippen LogP contribution in [0.2, 0.25) is 0 Å². The van der Waals surface area contributed by atoms with Gasteiger partial charge in [-0.3, -0.25) is 9.59 Å². The van der Waals surface area contributed by atoms with E-state index in [0.717, 1.165) is 49.2 Å². The third-order valence-corrected chi connectivity index (χ3v) is 5.21. The quantitative estimate of drug-likeness (QED) is 0.765. The molecule has 1 aromatic carbocycles. The highest BCUT2D eigenvalue weighted by molar-refractivity contribution is 6.52. The molecule has 0 unspecified atom stereocenters. The average Bonchev–Trinajstić information content (AvgIpc) is 2.91. The van der Waals surface area contributed by atoms with Crippen molar-refractivity contribution < 1.29 is 9.59 Å². The predicted octanol–water partition coefficient (Wildman–Crippen LogP) is 4.35. The van der Waals surface area contributed by atoms with Crippen molar-refractivity contribution in [1.82, 2.24) is 4.90 Å². The molecule has 2 aliphatic heterocycles. The van der Waals surface area contributed by atoms with Crippen molar-refractivity contribution in [3.05, 3.63) is 46.5 Å². The summed E-state index contributed by atoms with van der Waals surface area (Å²) in [6.07, 6.45) is 12.2. The highest BCUT2D eigenvalue weighted by atomic mass is 16.2. The van der Waals surface area contributed by atoms with Gasteiger partial charge in [-0.15, -0.1) is 0 Å². The number of hydrogen-bond acceptors (Lipinski definition) is 3. The van der Waals surface area contributed by atoms with Crippen LogP contribution in [-0.4, -0.2) is 30.2 Å². The van der Waals surface area contributed by atoms with Crippen LogP contribution in [0.15, 0.2) is 24.3 Å². The van der Waals surface area contributed by atoms with Gasteiger partial charge in [0.15, 0.2) is 0 Å². The van der Waals surface area contributed by atoms with Crippen molar-refractivity contribution in [3.8, 4) is 0 Å². The summed E-state index contributed by atoms with van der Waals surface area (Å²) in [6.45, 7) is 5.77. The Kier molecular flexibility index (Phi) is 5.72. The number of nitrogens with one attached hydrogen (secondary N) is 1. The SMILES string of the molecule is CC.CN1CCc2c(C3=C/CCCC/C=C\3)cc3c(c2C1)NC(=O)C3=O. The number of allylic oxidation sites excluding steroid dienone is 4. The monoisotopic (exact) mass is 352 g/mol. The first-order valence-corrected chi connectivity index (χ1v) is 9.75. The molecule has 4 rings (SSSR count). The lowest BCUT2D eigenvalue weighted by atomic mass is 9.86. The number of carbonyl (C=O) groups is 2. The zero-order chi connectivity index (χ0) is 18.7. The molecule has 1 aliphatic carbocycles. The van der Waals surface area contributed by atoms with E-state index in [9.17, 15) is 9.59 Å². The second-order valence-electron chi connectivity index (χ2n) is 6.92. The summed E-state index contributed by atoms with van der Waals surface area (Å²) in [6, 6.07) is 1.94. The highest BCUT2D eigenvalue weighted by Crippen LogP contribution is 2.38. The van der Waals surface area contributed by atoms with Gasteiger partial charge in [-0.1, -0.05) is 32.1 Å². The van der Waals surface area contributed by atoms with Crippen molar-refractivity contribution in [2.75, 3.05) is 18.9 Å². The number of Topliss-reactive ketones (excluding diaryl/α,β-unsaturated/α-hetero) is 1. The molecule has 4 nitrogen and oxygen atoms in total. The van der Waals surface area contributed by atoms with Gasteiger partial charge in [0.25, 0.3) is 11.7 Å². The number of likely N-dealkylation sites (N-methyl/N-ethyl adjacent to an activating group) is 1. The van der Waals surface area contributed by atoms with Crippen molar-refractivity contribution in [2.24, 2.45) is 0 Å². The summed E-state index contributed by atoms with van der Waals surface area (Å²) in [4.78, 5) is 26.4. The van der Waals surface area contributed by atoms with Crippen molar-refractivity contribution >= 4 is 23.0 Å². The molecule has 0 spiro atoms. The molecule has 1 amide bonds. The minimum Gasteiger partial charge on any atom is -0.318 e. The second-order valence-corrected chi connectivity index (χ2v) is 6.92. The number of nitrogens with zero attached hydrogens (tertiary/aromatic N) is 1. The molecule has 2 heterocycles. The fourth-order valence-electron chi connectivity index (χ4n) is 3.91. The number of carbonyl (C=O) groups excluding carboxylic acids is 2. The lowest BCUT2D eigenvalue weighted by Crippen LogP contribution is -2.28. The van der Waals surface area contributed by atoms with Crippen LogP contribution in [0.1, 0.15) is 66.6 Å². The number of hydrogen-bond donors (Lipinski definition) is 1. The molecule has 0 radical (unpaired) electrons. The molecule has 0 atom stereocenters. The van der Waals surface area contributed by atoms with Crippen molar-refractivity contribution in [1.29, 1.82) is 0 Å². The summed E-state index contributed by atoms with van der Waals surface area (Å²) in [5.74, 6) is -0.905. The molecule has 3 aliphatic rings. The number of ketones is 1. The van der Waals surface area contributed by atoms with Crippen LogP contribution in [0.3, 0.4) is 0 Å². The second kappa shape index (κ2) is 8.00. The normalized spacial score (nSPS) is 22.7. The van der Waals surface area contributed by atoms with E-state index >= 15 is 0 Å². The van der Waals surface area contributed by atoms with Gasteiger partial charge in [0.2, 0.25) is 0 Å². The zero-order valence-corrected chi connectivity index (χ0v) is 16.0. The third-order valence-electron chi connectivity index (χ3n) is 5.21. The van der Waals surface area contributed by atoms with Crippen LogP contribution >= 0.6 is 0 Å². The van der Waals surface area contributed by atoms with Gasteiger partial charge in [0, 0.05) is 13.1 Å². The molecule has 0 aromatic heterocycles. The lowest BCUT2D eigenvalue weighted by molar-refractivity contribution is -0.112. The Labute approximate surface area is 156 Å². The van der Waals surface area contributed by atoms with Crippen molar-refractivity contribution in [3.63, 3.8) is 0 Å². The Morgan fingerprint density at radius 2 is 1.81 bits per heavy atom. The van der Waals surface area contributed by atoms with E-state index in [1.807, 2.05) is 19.9 Å². The summed E-state index contributed by atoms with van der Waals surface area (Å²) in [5, 5.41) is 2.80. The number of amides is 1. The highest BCUT2D eigenvalue weighted by Gasteiger charge is 2.34. The number of anilines is 1. The zero-order valence-electron chi connectivity index (χ0n) is 16.0. The molecule has 1 aromatic rings. The summed E-state index contributed by atoms with van der Waals surface area (Å²) in [5.41, 5.74) is 6.03. The van der Waals surface area contributed by atoms with Crippen LogP contribution in [0, 0.1) is 0 Å². The van der Waals surface area contributed by atoms with E-state index in [0.29, 0.717) is 5.56 Å². The van der Waals surface area contributed by atoms with Crippen LogP contribution in [0.5, 0.6) is 0 Å². The topological polar surface area (TPSA) is 49.4 Å². The summed E-state index contributed by atoms with van der Waals surface area (Å²) >= 11 is 0. The molecule has 26 heavy (non-hydrogen) atoms. The standard InChI is InChI=1S/C20H22N2O2.C2H6/c1-22-10-9-14-15(13-7-5-3-2-4-6-8-13)11-16-18(17(14)12-22)21-20(24)19(16)23;1-2/h5,7-8,11H,2-4,6,9-10,12H2,1H3,(H,21,23,24);1-2H3/b7-5-,13-8+;. The number of rotatable bonds is 1. The maximum absolute atomic E-state index is 12.3. The van der Waals surface area contributed by atoms with Gasteiger partial charge in [0.1, 0.15) is 0 Å². The first-order valence-electron chi connectivity index (χ1n) is 9.75. The maximum Gasteiger partial charge on any atom is 0.296 e. The van der Waals surface area contributed by atoms with E-state index in [4.69, 9.17) is 0 Å². The van der Waals surface area contributed by atoms with Crippen LogP contribution < -0.4 is 5.32 Å². The molecule has 0 fully saturated rings. The molecular formula is C22H28N2O2. The fourth-order valence-corrected chi connectivity index (χ4v) is 3.91. The predicted molar refractivity (Wildman–Crippen MR) is 106 cm³/mol. The Morgan fingerprint density at radius 3 is 2.62 bits per heavy atom. The molecule has 0 saturated heterocycles. The van der Waals surface area contributed by atoms with Gasteiger partial charge in [-0.2, -0.15) is 0 Å². The Morgan fingerprint density at radius 1 is 1.04 bits per heavy atom. The Hall–Kier alpha value is -2.20. The van der Waals surface area contributed by atoms with Gasteiger partial charge in [-0.25, -0.2) is 0 Å². The van der Waals surface area contributed by atoms with Crippen LogP contribution in [-0.2, 0) is 17.8 Å². The first kappa shape index (κ1) is 18.6. The lowest BCUT2D eigenvalue weighted by Gasteiger charge is -2.29. The van der Waals surface area contributed by atoms with E-state index in [-0.39, 0.29) is 0 Å². The first-order chi connectivity index (χ1) is 12.6. The van der Waals surface area contributed by atoms with Gasteiger partial charge >= 0.3 is 0 Å². The average molecular weight is 352 g/mol. The third kappa shape index (κ3) is 3.38. The van der Waals surface area contributed by atoms with Gasteiger partial charge < -0.3 is 10.2 Å². The maximum atomic E-state index is 12.3. The minimum atomic E-state index is -0.500. The van der Waals surface area contributed by atoms with Crippen LogP contribution in [0.4, 0.5) is 5.69 Å². The van der Waals surface area contributed by atoms with E-state index in [2.05, 4.69) is 35.5 Å².